The highest BCUT2D eigenvalue weighted by Crippen LogP contribution is 2.35. The SMILES string of the molecule is COc1cc(CNCC(F)F)cc(Br)c1O. The molecule has 90 valence electrons. The minimum absolute atomic E-state index is 0.000101. The second-order valence-corrected chi connectivity index (χ2v) is 4.00. The fourth-order valence-electron chi connectivity index (χ4n) is 1.21. The Labute approximate surface area is 101 Å². The molecule has 0 aliphatic carbocycles. The van der Waals surface area contributed by atoms with E-state index >= 15 is 0 Å². The van der Waals surface area contributed by atoms with Gasteiger partial charge in [0.2, 0.25) is 0 Å². The first-order chi connectivity index (χ1) is 7.54. The number of rotatable bonds is 5. The molecule has 0 saturated carbocycles. The second-order valence-electron chi connectivity index (χ2n) is 3.15. The molecule has 0 unspecified atom stereocenters. The maximum Gasteiger partial charge on any atom is 0.250 e. The molecule has 0 atom stereocenters. The predicted molar refractivity (Wildman–Crippen MR) is 60.1 cm³/mol. The van der Waals surface area contributed by atoms with E-state index in [0.29, 0.717) is 16.8 Å². The summed E-state index contributed by atoms with van der Waals surface area (Å²) >= 11 is 3.15. The van der Waals surface area contributed by atoms with E-state index in [1.807, 2.05) is 0 Å². The molecule has 0 fully saturated rings. The number of ether oxygens (including phenoxy) is 1. The van der Waals surface area contributed by atoms with Crippen molar-refractivity contribution in [2.75, 3.05) is 13.7 Å². The van der Waals surface area contributed by atoms with Gasteiger partial charge in [-0.15, -0.1) is 0 Å². The maximum absolute atomic E-state index is 11.9. The van der Waals surface area contributed by atoms with Crippen molar-refractivity contribution in [3.8, 4) is 11.5 Å². The minimum atomic E-state index is -2.37. The maximum atomic E-state index is 11.9. The summed E-state index contributed by atoms with van der Waals surface area (Å²) in [6.07, 6.45) is -2.37. The third kappa shape index (κ3) is 3.61. The van der Waals surface area contributed by atoms with Gasteiger partial charge in [0.25, 0.3) is 6.43 Å². The lowest BCUT2D eigenvalue weighted by Gasteiger charge is -2.09. The van der Waals surface area contributed by atoms with E-state index in [1.165, 1.54) is 7.11 Å². The number of halogens is 3. The van der Waals surface area contributed by atoms with Gasteiger partial charge < -0.3 is 15.2 Å². The first-order valence-corrected chi connectivity index (χ1v) is 5.38. The van der Waals surface area contributed by atoms with Gasteiger partial charge >= 0.3 is 0 Å². The molecule has 6 heteroatoms. The van der Waals surface area contributed by atoms with E-state index in [1.54, 1.807) is 12.1 Å². The van der Waals surface area contributed by atoms with Crippen LogP contribution in [0.1, 0.15) is 5.56 Å². The first kappa shape index (κ1) is 13.2. The average molecular weight is 296 g/mol. The fraction of sp³-hybridized carbons (Fsp3) is 0.400. The van der Waals surface area contributed by atoms with Gasteiger partial charge in [0.05, 0.1) is 18.1 Å². The third-order valence-electron chi connectivity index (χ3n) is 1.94. The van der Waals surface area contributed by atoms with E-state index in [0.717, 1.165) is 5.56 Å². The molecule has 0 bridgehead atoms. The molecule has 0 radical (unpaired) electrons. The largest absolute Gasteiger partial charge is 0.503 e. The van der Waals surface area contributed by atoms with Crippen molar-refractivity contribution in [2.24, 2.45) is 0 Å². The normalized spacial score (nSPS) is 10.8. The van der Waals surface area contributed by atoms with Gasteiger partial charge in [-0.2, -0.15) is 0 Å². The number of benzene rings is 1. The summed E-state index contributed by atoms with van der Waals surface area (Å²) in [5.41, 5.74) is 0.752. The molecule has 2 N–H and O–H groups in total. The van der Waals surface area contributed by atoms with Gasteiger partial charge in [0.1, 0.15) is 0 Å². The van der Waals surface area contributed by atoms with Crippen LogP contribution in [-0.4, -0.2) is 25.2 Å². The number of methoxy groups -OCH3 is 1. The predicted octanol–water partition coefficient (Wildman–Crippen LogP) is 2.52. The molecular weight excluding hydrogens is 284 g/mol. The van der Waals surface area contributed by atoms with Crippen molar-refractivity contribution in [1.29, 1.82) is 0 Å². The fourth-order valence-corrected chi connectivity index (χ4v) is 1.70. The molecule has 0 heterocycles. The Hall–Kier alpha value is -0.880. The zero-order chi connectivity index (χ0) is 12.1. The second kappa shape index (κ2) is 6.00. The first-order valence-electron chi connectivity index (χ1n) is 4.59. The van der Waals surface area contributed by atoms with Crippen LogP contribution in [0.4, 0.5) is 8.78 Å². The van der Waals surface area contributed by atoms with Crippen LogP contribution in [0.3, 0.4) is 0 Å². The van der Waals surface area contributed by atoms with E-state index in [2.05, 4.69) is 21.2 Å². The molecule has 3 nitrogen and oxygen atoms in total. The van der Waals surface area contributed by atoms with Crippen LogP contribution in [0.25, 0.3) is 0 Å². The molecule has 0 aliphatic heterocycles. The standard InChI is InChI=1S/C10H12BrF2NO2/c1-16-8-3-6(2-7(11)10(8)15)4-14-5-9(12)13/h2-3,9,14-15H,4-5H2,1H3. The van der Waals surface area contributed by atoms with Crippen molar-refractivity contribution in [2.45, 2.75) is 13.0 Å². The van der Waals surface area contributed by atoms with Crippen LogP contribution >= 0.6 is 15.9 Å². The van der Waals surface area contributed by atoms with Gasteiger partial charge in [0.15, 0.2) is 11.5 Å². The molecule has 16 heavy (non-hydrogen) atoms. The number of hydrogen-bond donors (Lipinski definition) is 2. The molecule has 1 aromatic rings. The number of phenols is 1. The average Bonchev–Trinajstić information content (AvgIpc) is 2.22. The molecule has 0 amide bonds. The molecular formula is C10H12BrF2NO2. The van der Waals surface area contributed by atoms with Crippen molar-refractivity contribution >= 4 is 15.9 Å². The number of phenolic OH excluding ortho intramolecular Hbond substituents is 1. The van der Waals surface area contributed by atoms with Gasteiger partial charge in [-0.25, -0.2) is 8.78 Å². The molecule has 0 spiro atoms. The number of aromatic hydroxyl groups is 1. The quantitative estimate of drug-likeness (QED) is 0.877. The highest BCUT2D eigenvalue weighted by molar-refractivity contribution is 9.10. The number of alkyl halides is 2. The molecule has 1 rings (SSSR count). The monoisotopic (exact) mass is 295 g/mol. The lowest BCUT2D eigenvalue weighted by atomic mass is 10.2. The van der Waals surface area contributed by atoms with Crippen LogP contribution in [0.2, 0.25) is 0 Å². The summed E-state index contributed by atoms with van der Waals surface area (Å²) < 4.78 is 29.2. The van der Waals surface area contributed by atoms with Crippen LogP contribution in [0.5, 0.6) is 11.5 Å². The Balaban J connectivity index is 2.70. The van der Waals surface area contributed by atoms with Crippen LogP contribution in [-0.2, 0) is 6.54 Å². The molecule has 0 aromatic heterocycles. The van der Waals surface area contributed by atoms with Crippen molar-refractivity contribution in [1.82, 2.24) is 5.32 Å². The van der Waals surface area contributed by atoms with Crippen LogP contribution in [0.15, 0.2) is 16.6 Å². The minimum Gasteiger partial charge on any atom is -0.503 e. The van der Waals surface area contributed by atoms with Gasteiger partial charge in [-0.3, -0.25) is 0 Å². The van der Waals surface area contributed by atoms with E-state index in [4.69, 9.17) is 4.74 Å². The summed E-state index contributed by atoms with van der Waals surface area (Å²) in [7, 11) is 1.43. The highest BCUT2D eigenvalue weighted by Gasteiger charge is 2.09. The van der Waals surface area contributed by atoms with Crippen molar-refractivity contribution in [3.05, 3.63) is 22.2 Å². The molecule has 1 aromatic carbocycles. The Morgan fingerprint density at radius 3 is 2.75 bits per heavy atom. The summed E-state index contributed by atoms with van der Waals surface area (Å²) in [4.78, 5) is 0. The third-order valence-corrected chi connectivity index (χ3v) is 2.54. The zero-order valence-electron chi connectivity index (χ0n) is 8.64. The van der Waals surface area contributed by atoms with Crippen LogP contribution < -0.4 is 10.1 Å². The topological polar surface area (TPSA) is 41.5 Å². The lowest BCUT2D eigenvalue weighted by molar-refractivity contribution is 0.145. The van der Waals surface area contributed by atoms with Gasteiger partial charge in [-0.1, -0.05) is 0 Å². The molecule has 0 saturated heterocycles. The van der Waals surface area contributed by atoms with Crippen molar-refractivity contribution < 1.29 is 18.6 Å². The van der Waals surface area contributed by atoms with Crippen molar-refractivity contribution in [3.63, 3.8) is 0 Å². The summed E-state index contributed by atoms with van der Waals surface area (Å²) in [5.74, 6) is 0.309. The zero-order valence-corrected chi connectivity index (χ0v) is 10.2. The number of hydrogen-bond acceptors (Lipinski definition) is 3. The Morgan fingerprint density at radius 1 is 1.50 bits per heavy atom. The lowest BCUT2D eigenvalue weighted by Crippen LogP contribution is -2.20. The smallest absolute Gasteiger partial charge is 0.250 e. The van der Waals surface area contributed by atoms with E-state index < -0.39 is 6.43 Å². The highest BCUT2D eigenvalue weighted by atomic mass is 79.9. The Bertz CT molecular complexity index is 361. The van der Waals surface area contributed by atoms with E-state index in [9.17, 15) is 13.9 Å². The van der Waals surface area contributed by atoms with Gasteiger partial charge in [-0.05, 0) is 33.6 Å². The summed E-state index contributed by atoms with van der Waals surface area (Å²) in [6.45, 7) is -0.0691. The summed E-state index contributed by atoms with van der Waals surface area (Å²) in [5, 5.41) is 12.1. The van der Waals surface area contributed by atoms with E-state index in [-0.39, 0.29) is 12.3 Å². The number of nitrogens with one attached hydrogen (secondary N) is 1. The Morgan fingerprint density at radius 2 is 2.19 bits per heavy atom. The van der Waals surface area contributed by atoms with Gasteiger partial charge in [0, 0.05) is 6.54 Å². The van der Waals surface area contributed by atoms with Crippen LogP contribution in [0, 0.1) is 0 Å². The Kier molecular flexibility index (Phi) is 4.95. The molecule has 0 aliphatic rings. The summed E-state index contributed by atoms with van der Waals surface area (Å²) in [6, 6.07) is 3.24.